The molecule has 4 aromatic rings. The molecule has 1 aliphatic carbocycles. The Balaban J connectivity index is 1.44. The maximum Gasteiger partial charge on any atom is 0.148 e. The molecule has 200 valence electrons. The number of anilines is 2. The van der Waals surface area contributed by atoms with E-state index in [4.69, 9.17) is 52.1 Å². The van der Waals surface area contributed by atoms with Gasteiger partial charge in [-0.2, -0.15) is 0 Å². The minimum atomic E-state index is 0.100. The van der Waals surface area contributed by atoms with Crippen molar-refractivity contribution in [2.75, 3.05) is 39.1 Å². The fraction of sp³-hybridized carbons (Fsp3) is 0.357. The smallest absolute Gasteiger partial charge is 0.148 e. The zero-order valence-corrected chi connectivity index (χ0v) is 23.2. The molecule has 8 nitrogen and oxygen atoms in total. The second-order valence-corrected chi connectivity index (χ2v) is 10.0. The molecule has 0 unspecified atom stereocenters. The molecule has 2 aromatic carbocycles. The van der Waals surface area contributed by atoms with Gasteiger partial charge in [-0.05, 0) is 37.1 Å². The summed E-state index contributed by atoms with van der Waals surface area (Å²) < 4.78 is 21.9. The van der Waals surface area contributed by atoms with Crippen LogP contribution in [0.15, 0.2) is 36.4 Å². The van der Waals surface area contributed by atoms with Crippen molar-refractivity contribution in [3.63, 3.8) is 0 Å². The van der Waals surface area contributed by atoms with E-state index in [0.29, 0.717) is 55.7 Å². The van der Waals surface area contributed by atoms with Gasteiger partial charge in [-0.15, -0.1) is 0 Å². The van der Waals surface area contributed by atoms with E-state index in [1.54, 1.807) is 40.6 Å². The summed E-state index contributed by atoms with van der Waals surface area (Å²) in [4.78, 5) is 9.69. The third-order valence-corrected chi connectivity index (χ3v) is 7.57. The molecular formula is C28H30Cl2N4O4. The Bertz CT molecular complexity index is 1370. The van der Waals surface area contributed by atoms with E-state index in [9.17, 15) is 0 Å². The summed E-state index contributed by atoms with van der Waals surface area (Å²) in [5.41, 5.74) is 1.35. The Morgan fingerprint density at radius 2 is 1.05 bits per heavy atom. The number of nitrogens with zero attached hydrogens (tertiary/aromatic N) is 2. The van der Waals surface area contributed by atoms with E-state index in [-0.39, 0.29) is 12.1 Å². The van der Waals surface area contributed by atoms with E-state index >= 15 is 0 Å². The van der Waals surface area contributed by atoms with Crippen molar-refractivity contribution in [1.29, 1.82) is 0 Å². The van der Waals surface area contributed by atoms with Gasteiger partial charge in [0.05, 0.1) is 38.5 Å². The third kappa shape index (κ3) is 5.15. The predicted octanol–water partition coefficient (Wildman–Crippen LogP) is 6.96. The van der Waals surface area contributed by atoms with Crippen LogP contribution in [0.25, 0.3) is 21.8 Å². The lowest BCUT2D eigenvalue weighted by Gasteiger charge is -2.33. The number of rotatable bonds is 8. The highest BCUT2D eigenvalue weighted by atomic mass is 35.5. The maximum absolute atomic E-state index is 6.67. The molecule has 0 amide bonds. The van der Waals surface area contributed by atoms with Crippen LogP contribution < -0.4 is 29.6 Å². The predicted molar refractivity (Wildman–Crippen MR) is 153 cm³/mol. The summed E-state index contributed by atoms with van der Waals surface area (Å²) in [5.74, 6) is 3.89. The molecule has 1 aliphatic rings. The highest BCUT2D eigenvalue weighted by molar-refractivity contribution is 6.36. The van der Waals surface area contributed by atoms with Gasteiger partial charge < -0.3 is 29.6 Å². The van der Waals surface area contributed by atoms with Crippen LogP contribution in [0.5, 0.6) is 23.0 Å². The van der Waals surface area contributed by atoms with Gasteiger partial charge in [-0.1, -0.05) is 36.0 Å². The number of fused-ring (bicyclic) bond motifs is 2. The lowest BCUT2D eigenvalue weighted by atomic mass is 9.90. The minimum absolute atomic E-state index is 0.100. The van der Waals surface area contributed by atoms with Crippen molar-refractivity contribution in [2.45, 2.75) is 37.8 Å². The van der Waals surface area contributed by atoms with E-state index < -0.39 is 0 Å². The van der Waals surface area contributed by atoms with Crippen molar-refractivity contribution < 1.29 is 18.9 Å². The minimum Gasteiger partial charge on any atom is -0.497 e. The van der Waals surface area contributed by atoms with Gasteiger partial charge in [0, 0.05) is 35.0 Å². The molecule has 0 bridgehead atoms. The number of ether oxygens (including phenoxy) is 4. The topological polar surface area (TPSA) is 86.8 Å². The molecule has 1 fully saturated rings. The van der Waals surface area contributed by atoms with Gasteiger partial charge >= 0.3 is 0 Å². The summed E-state index contributed by atoms with van der Waals surface area (Å²) in [6, 6.07) is 11.2. The Morgan fingerprint density at radius 1 is 0.632 bits per heavy atom. The van der Waals surface area contributed by atoms with E-state index in [1.807, 2.05) is 24.3 Å². The average Bonchev–Trinajstić information content (AvgIpc) is 2.93. The quantitative estimate of drug-likeness (QED) is 0.241. The number of aromatic nitrogens is 2. The average molecular weight is 557 g/mol. The fourth-order valence-corrected chi connectivity index (χ4v) is 5.51. The largest absolute Gasteiger partial charge is 0.497 e. The molecule has 5 rings (SSSR count). The van der Waals surface area contributed by atoms with Crippen LogP contribution in [0.4, 0.5) is 11.6 Å². The maximum atomic E-state index is 6.67. The molecule has 1 saturated carbocycles. The van der Waals surface area contributed by atoms with Gasteiger partial charge in [0.25, 0.3) is 0 Å². The highest BCUT2D eigenvalue weighted by Gasteiger charge is 2.27. The molecule has 0 saturated heterocycles. The molecule has 2 N–H and O–H groups in total. The number of benzene rings is 2. The van der Waals surface area contributed by atoms with Gasteiger partial charge in [-0.25, -0.2) is 9.97 Å². The first-order chi connectivity index (χ1) is 18.4. The summed E-state index contributed by atoms with van der Waals surface area (Å²) in [5, 5.41) is 9.89. The van der Waals surface area contributed by atoms with E-state index in [1.165, 1.54) is 0 Å². The van der Waals surface area contributed by atoms with E-state index in [2.05, 4.69) is 10.6 Å². The monoisotopic (exact) mass is 556 g/mol. The molecule has 2 atom stereocenters. The second-order valence-electron chi connectivity index (χ2n) is 9.22. The van der Waals surface area contributed by atoms with Crippen molar-refractivity contribution in [2.24, 2.45) is 0 Å². The highest BCUT2D eigenvalue weighted by Crippen LogP contribution is 2.38. The molecule has 38 heavy (non-hydrogen) atoms. The Labute approximate surface area is 231 Å². The number of hydrogen-bond acceptors (Lipinski definition) is 8. The number of nitrogens with one attached hydrogen (secondary N) is 2. The zero-order chi connectivity index (χ0) is 26.8. The van der Waals surface area contributed by atoms with Crippen LogP contribution in [0, 0.1) is 0 Å². The van der Waals surface area contributed by atoms with Crippen molar-refractivity contribution >= 4 is 56.6 Å². The van der Waals surface area contributed by atoms with Gasteiger partial charge in [0.2, 0.25) is 0 Å². The van der Waals surface area contributed by atoms with Gasteiger partial charge in [0.1, 0.15) is 45.7 Å². The first-order valence-electron chi connectivity index (χ1n) is 12.4. The molecule has 10 heteroatoms. The molecule has 2 heterocycles. The fourth-order valence-electron chi connectivity index (χ4n) is 5.01. The number of pyridine rings is 2. The normalized spacial score (nSPS) is 17.3. The number of hydrogen-bond donors (Lipinski definition) is 2. The number of methoxy groups -OCH3 is 4. The van der Waals surface area contributed by atoms with Crippen LogP contribution in [0.2, 0.25) is 10.0 Å². The van der Waals surface area contributed by atoms with Crippen LogP contribution in [-0.4, -0.2) is 50.5 Å². The van der Waals surface area contributed by atoms with Gasteiger partial charge in [-0.3, -0.25) is 0 Å². The number of halogens is 2. The third-order valence-electron chi connectivity index (χ3n) is 6.95. The van der Waals surface area contributed by atoms with Crippen molar-refractivity contribution in [3.05, 3.63) is 46.4 Å². The molecular weight excluding hydrogens is 527 g/mol. The molecule has 0 aliphatic heterocycles. The van der Waals surface area contributed by atoms with Crippen LogP contribution >= 0.6 is 23.2 Å². The SMILES string of the molecule is COc1cc(OC)c2nc(N[C@@H]3CCCC[C@H]3Nc3cc(Cl)c4cc(OC)cc(OC)c4n3)cc(Cl)c2c1. The standard InChI is InChI=1S/C28H30Cl2N4O4/c1-35-15-9-17-19(29)13-25(33-27(17)23(11-15)37-3)31-21-7-5-6-8-22(21)32-26-14-20(30)18-10-16(36-2)12-24(38-4)28(18)34-26/h9-14,21-22H,5-8H2,1-4H3,(H,31,33)(H,32,34)/t21-,22-/m1/s1. The molecule has 2 aromatic heterocycles. The summed E-state index contributed by atoms with van der Waals surface area (Å²) in [6.07, 6.45) is 4.15. The Hall–Kier alpha value is -3.36. The Morgan fingerprint density at radius 3 is 1.42 bits per heavy atom. The first-order valence-corrected chi connectivity index (χ1v) is 13.2. The Kier molecular flexibility index (Phi) is 7.72. The van der Waals surface area contributed by atoms with E-state index in [0.717, 1.165) is 36.5 Å². The zero-order valence-electron chi connectivity index (χ0n) is 21.7. The van der Waals surface area contributed by atoms with Crippen molar-refractivity contribution in [3.8, 4) is 23.0 Å². The summed E-state index contributed by atoms with van der Waals surface area (Å²) >= 11 is 13.3. The van der Waals surface area contributed by atoms with Crippen LogP contribution in [0.1, 0.15) is 25.7 Å². The first kappa shape index (κ1) is 26.3. The molecule has 0 radical (unpaired) electrons. The lowest BCUT2D eigenvalue weighted by Crippen LogP contribution is -2.42. The summed E-state index contributed by atoms with van der Waals surface area (Å²) in [6.45, 7) is 0. The van der Waals surface area contributed by atoms with Crippen LogP contribution in [-0.2, 0) is 0 Å². The lowest BCUT2D eigenvalue weighted by molar-refractivity contribution is 0.397. The van der Waals surface area contributed by atoms with Crippen molar-refractivity contribution in [1.82, 2.24) is 9.97 Å². The molecule has 0 spiro atoms. The second kappa shape index (κ2) is 11.2. The van der Waals surface area contributed by atoms with Crippen LogP contribution in [0.3, 0.4) is 0 Å². The summed E-state index contributed by atoms with van der Waals surface area (Å²) in [7, 11) is 6.44. The van der Waals surface area contributed by atoms with Gasteiger partial charge in [0.15, 0.2) is 0 Å².